The van der Waals surface area contributed by atoms with Crippen LogP contribution in [0.5, 0.6) is 0 Å². The van der Waals surface area contributed by atoms with E-state index in [1.807, 2.05) is 0 Å². The van der Waals surface area contributed by atoms with Gasteiger partial charge in [-0.15, -0.1) is 0 Å². The topological polar surface area (TPSA) is 73.7 Å². The highest BCUT2D eigenvalue weighted by Crippen LogP contribution is 2.57. The van der Waals surface area contributed by atoms with E-state index in [1.165, 1.54) is 6.42 Å². The average Bonchev–Trinajstić information content (AvgIpc) is 2.58. The number of aliphatic imine (C=N–C) groups is 1. The monoisotopic (exact) mass is 249 g/mol. The first-order valence-corrected chi connectivity index (χ1v) is 6.89. The summed E-state index contributed by atoms with van der Waals surface area (Å²) >= 11 is 0. The molecule has 1 amide bonds. The lowest BCUT2D eigenvalue weighted by Crippen LogP contribution is -2.66. The molecular formula is C13H19N3O2. The second-order valence-corrected chi connectivity index (χ2v) is 6.80. The van der Waals surface area contributed by atoms with Crippen molar-refractivity contribution in [1.82, 2.24) is 10.6 Å². The normalized spacial score (nSPS) is 49.2. The number of carbonyl (C=O) groups excluding carboxylic acids is 1. The first-order chi connectivity index (χ1) is 8.54. The molecule has 2 atom stereocenters. The van der Waals surface area contributed by atoms with Gasteiger partial charge in [0.15, 0.2) is 5.96 Å². The van der Waals surface area contributed by atoms with Crippen LogP contribution in [0.3, 0.4) is 0 Å². The maximum atomic E-state index is 11.2. The third-order valence-electron chi connectivity index (χ3n) is 5.05. The van der Waals surface area contributed by atoms with Crippen molar-refractivity contribution in [2.45, 2.75) is 49.7 Å². The third-order valence-corrected chi connectivity index (χ3v) is 5.05. The lowest BCUT2D eigenvalue weighted by atomic mass is 9.51. The van der Waals surface area contributed by atoms with Gasteiger partial charge in [0.05, 0.1) is 5.60 Å². The van der Waals surface area contributed by atoms with E-state index in [9.17, 15) is 9.90 Å². The van der Waals surface area contributed by atoms with Crippen molar-refractivity contribution < 1.29 is 9.90 Å². The molecule has 0 aromatic carbocycles. The molecule has 5 aliphatic rings. The van der Waals surface area contributed by atoms with Crippen molar-refractivity contribution in [3.8, 4) is 0 Å². The maximum absolute atomic E-state index is 11.2. The fraction of sp³-hybridized carbons (Fsp3) is 0.846. The number of hydrogen-bond donors (Lipinski definition) is 3. The number of nitrogens with one attached hydrogen (secondary N) is 2. The molecule has 18 heavy (non-hydrogen) atoms. The van der Waals surface area contributed by atoms with Gasteiger partial charge in [-0.05, 0) is 50.4 Å². The van der Waals surface area contributed by atoms with Crippen molar-refractivity contribution >= 4 is 11.9 Å². The van der Waals surface area contributed by atoms with E-state index < -0.39 is 5.60 Å². The van der Waals surface area contributed by atoms with Gasteiger partial charge in [-0.1, -0.05) is 0 Å². The Morgan fingerprint density at radius 2 is 2.00 bits per heavy atom. The van der Waals surface area contributed by atoms with Gasteiger partial charge in [0, 0.05) is 5.54 Å². The summed E-state index contributed by atoms with van der Waals surface area (Å²) in [6.07, 6.45) is 6.23. The lowest BCUT2D eigenvalue weighted by molar-refractivity contribution is -0.138. The minimum absolute atomic E-state index is 0.0325. The molecule has 4 bridgehead atoms. The fourth-order valence-electron chi connectivity index (χ4n) is 5.04. The molecule has 1 heterocycles. The Bertz CT molecular complexity index is 432. The number of aliphatic hydroxyl groups is 1. The Balaban J connectivity index is 1.58. The van der Waals surface area contributed by atoms with E-state index in [0.717, 1.165) is 32.1 Å². The average molecular weight is 249 g/mol. The predicted octanol–water partition coefficient (Wildman–Crippen LogP) is 0.145. The molecule has 2 unspecified atom stereocenters. The van der Waals surface area contributed by atoms with Crippen LogP contribution in [0, 0.1) is 11.8 Å². The lowest BCUT2D eigenvalue weighted by Gasteiger charge is -2.60. The third kappa shape index (κ3) is 1.56. The van der Waals surface area contributed by atoms with Crippen molar-refractivity contribution in [3.63, 3.8) is 0 Å². The maximum Gasteiger partial charge on any atom is 0.248 e. The molecule has 0 aromatic heterocycles. The Labute approximate surface area is 106 Å². The summed E-state index contributed by atoms with van der Waals surface area (Å²) in [5, 5.41) is 16.8. The van der Waals surface area contributed by atoms with Crippen LogP contribution in [0.15, 0.2) is 4.99 Å². The van der Waals surface area contributed by atoms with Crippen LogP contribution >= 0.6 is 0 Å². The zero-order valence-electron chi connectivity index (χ0n) is 10.4. The Morgan fingerprint density at radius 1 is 1.28 bits per heavy atom. The summed E-state index contributed by atoms with van der Waals surface area (Å²) in [6.45, 7) is 0.232. The molecule has 4 fully saturated rings. The second kappa shape index (κ2) is 3.26. The van der Waals surface area contributed by atoms with Gasteiger partial charge >= 0.3 is 0 Å². The molecule has 0 aromatic rings. The minimum Gasteiger partial charge on any atom is -0.390 e. The van der Waals surface area contributed by atoms with Gasteiger partial charge in [-0.3, -0.25) is 10.1 Å². The second-order valence-electron chi connectivity index (χ2n) is 6.80. The SMILES string of the molecule is O=C1CN=C(NC23CC4CC(CC(O)(C4)C2)C3)N1. The van der Waals surface area contributed by atoms with E-state index in [4.69, 9.17) is 0 Å². The van der Waals surface area contributed by atoms with Crippen molar-refractivity contribution in [2.75, 3.05) is 6.54 Å². The van der Waals surface area contributed by atoms with Gasteiger partial charge in [0.25, 0.3) is 0 Å². The summed E-state index contributed by atoms with van der Waals surface area (Å²) in [5.74, 6) is 1.86. The largest absolute Gasteiger partial charge is 0.390 e. The Kier molecular flexibility index (Phi) is 1.95. The zero-order valence-corrected chi connectivity index (χ0v) is 10.4. The van der Waals surface area contributed by atoms with Crippen molar-refractivity contribution in [2.24, 2.45) is 16.8 Å². The summed E-state index contributed by atoms with van der Waals surface area (Å²) in [5.41, 5.74) is -0.504. The van der Waals surface area contributed by atoms with Gasteiger partial charge in [0.2, 0.25) is 5.91 Å². The molecule has 0 saturated heterocycles. The van der Waals surface area contributed by atoms with E-state index in [1.54, 1.807) is 0 Å². The predicted molar refractivity (Wildman–Crippen MR) is 65.9 cm³/mol. The summed E-state index contributed by atoms with van der Waals surface area (Å²) < 4.78 is 0. The van der Waals surface area contributed by atoms with Crippen LogP contribution in [-0.2, 0) is 4.79 Å². The fourth-order valence-corrected chi connectivity index (χ4v) is 5.04. The zero-order chi connectivity index (χ0) is 12.4. The van der Waals surface area contributed by atoms with Gasteiger partial charge < -0.3 is 10.4 Å². The highest BCUT2D eigenvalue weighted by molar-refractivity contribution is 6.03. The molecule has 5 heteroatoms. The molecule has 4 aliphatic carbocycles. The number of rotatable bonds is 1. The van der Waals surface area contributed by atoms with E-state index in [0.29, 0.717) is 17.8 Å². The number of guanidine groups is 1. The van der Waals surface area contributed by atoms with Crippen molar-refractivity contribution in [3.05, 3.63) is 0 Å². The first kappa shape index (κ1) is 10.8. The van der Waals surface area contributed by atoms with Crippen LogP contribution in [0.25, 0.3) is 0 Å². The molecule has 0 spiro atoms. The number of carbonyl (C=O) groups is 1. The van der Waals surface area contributed by atoms with Crippen LogP contribution < -0.4 is 10.6 Å². The van der Waals surface area contributed by atoms with Gasteiger partial charge in [-0.25, -0.2) is 4.99 Å². The van der Waals surface area contributed by atoms with Crippen molar-refractivity contribution in [1.29, 1.82) is 0 Å². The van der Waals surface area contributed by atoms with E-state index in [-0.39, 0.29) is 18.0 Å². The molecule has 98 valence electrons. The van der Waals surface area contributed by atoms with Crippen LogP contribution in [-0.4, -0.2) is 34.7 Å². The number of hydrogen-bond acceptors (Lipinski definition) is 4. The van der Waals surface area contributed by atoms with E-state index >= 15 is 0 Å². The Morgan fingerprint density at radius 3 is 2.56 bits per heavy atom. The molecule has 0 radical (unpaired) electrons. The quantitative estimate of drug-likeness (QED) is 0.619. The van der Waals surface area contributed by atoms with Gasteiger partial charge in [0.1, 0.15) is 6.54 Å². The number of amides is 1. The van der Waals surface area contributed by atoms with Crippen LogP contribution in [0.2, 0.25) is 0 Å². The summed E-state index contributed by atoms with van der Waals surface area (Å²) in [7, 11) is 0. The summed E-state index contributed by atoms with van der Waals surface area (Å²) in [4.78, 5) is 15.4. The summed E-state index contributed by atoms with van der Waals surface area (Å²) in [6, 6.07) is 0. The number of nitrogens with zero attached hydrogens (tertiary/aromatic N) is 1. The Hall–Kier alpha value is -1.10. The molecule has 4 saturated carbocycles. The molecular weight excluding hydrogens is 230 g/mol. The molecule has 5 nitrogen and oxygen atoms in total. The molecule has 3 N–H and O–H groups in total. The smallest absolute Gasteiger partial charge is 0.248 e. The molecule has 5 rings (SSSR count). The highest BCUT2D eigenvalue weighted by Gasteiger charge is 2.57. The minimum atomic E-state index is -0.472. The standard InChI is InChI=1S/C13H19N3O2/c17-10-6-14-11(15-10)16-12-2-8-1-9(3-12)5-13(18,4-8)7-12/h8-9,18H,1-7H2,(H2,14,15,16,17). The van der Waals surface area contributed by atoms with Gasteiger partial charge in [-0.2, -0.15) is 0 Å². The van der Waals surface area contributed by atoms with Crippen LogP contribution in [0.4, 0.5) is 0 Å². The van der Waals surface area contributed by atoms with E-state index in [2.05, 4.69) is 15.6 Å². The van der Waals surface area contributed by atoms with Crippen LogP contribution in [0.1, 0.15) is 38.5 Å². The first-order valence-electron chi connectivity index (χ1n) is 6.89. The highest BCUT2D eigenvalue weighted by atomic mass is 16.3. The molecule has 1 aliphatic heterocycles.